The maximum absolute atomic E-state index is 13.0. The highest BCUT2D eigenvalue weighted by molar-refractivity contribution is 6.30. The van der Waals surface area contributed by atoms with Crippen LogP contribution in [0, 0.1) is 11.3 Å². The molecule has 0 aliphatic rings. The van der Waals surface area contributed by atoms with Crippen LogP contribution in [0.5, 0.6) is 0 Å². The van der Waals surface area contributed by atoms with Crippen molar-refractivity contribution >= 4 is 17.5 Å². The maximum atomic E-state index is 13.0. The highest BCUT2D eigenvalue weighted by atomic mass is 35.5. The van der Waals surface area contributed by atoms with E-state index in [0.29, 0.717) is 10.6 Å². The summed E-state index contributed by atoms with van der Waals surface area (Å²) in [5, 5.41) is 10.2. The van der Waals surface area contributed by atoms with Crippen molar-refractivity contribution in [3.63, 3.8) is 0 Å². The number of amides is 1. The van der Waals surface area contributed by atoms with Gasteiger partial charge >= 0.3 is 0 Å². The number of carbonyl (C=O) groups excluding carboxylic acids is 1. The Balaban J connectivity index is 2.49. The van der Waals surface area contributed by atoms with Gasteiger partial charge in [0.1, 0.15) is 6.04 Å². The molecule has 118 valence electrons. The van der Waals surface area contributed by atoms with Crippen LogP contribution in [0.25, 0.3) is 0 Å². The van der Waals surface area contributed by atoms with E-state index in [4.69, 9.17) is 11.6 Å². The summed E-state index contributed by atoms with van der Waals surface area (Å²) in [7, 11) is 0. The molecule has 0 fully saturated rings. The monoisotopic (exact) mass is 326 g/mol. The van der Waals surface area contributed by atoms with E-state index >= 15 is 0 Å². The number of benzene rings is 2. The van der Waals surface area contributed by atoms with Crippen LogP contribution in [0.3, 0.4) is 0 Å². The van der Waals surface area contributed by atoms with Gasteiger partial charge in [-0.05, 0) is 44.5 Å². The molecule has 0 heterocycles. The Morgan fingerprint density at radius 3 is 2.30 bits per heavy atom. The molecule has 0 saturated heterocycles. The molecule has 0 aliphatic carbocycles. The van der Waals surface area contributed by atoms with E-state index in [9.17, 15) is 10.1 Å². The van der Waals surface area contributed by atoms with Crippen molar-refractivity contribution in [2.24, 2.45) is 0 Å². The summed E-state index contributed by atoms with van der Waals surface area (Å²) in [6, 6.07) is 17.7. The number of halogens is 1. The summed E-state index contributed by atoms with van der Waals surface area (Å²) in [5.41, 5.74) is 0.749. The molecule has 4 heteroatoms. The Morgan fingerprint density at radius 1 is 1.13 bits per heavy atom. The Labute approximate surface area is 142 Å². The third-order valence-electron chi connectivity index (χ3n) is 3.51. The molecule has 0 aliphatic heterocycles. The van der Waals surface area contributed by atoms with E-state index in [1.54, 1.807) is 29.2 Å². The van der Waals surface area contributed by atoms with Crippen molar-refractivity contribution in [1.82, 2.24) is 4.90 Å². The van der Waals surface area contributed by atoms with Gasteiger partial charge in [0.25, 0.3) is 5.91 Å². The molecule has 2 aromatic carbocycles. The van der Waals surface area contributed by atoms with Crippen molar-refractivity contribution in [3.05, 3.63) is 70.7 Å². The lowest BCUT2D eigenvalue weighted by molar-refractivity contribution is 0.0509. The number of carbonyl (C=O) groups is 1. The molecule has 2 rings (SSSR count). The van der Waals surface area contributed by atoms with Crippen molar-refractivity contribution in [2.75, 3.05) is 0 Å². The van der Waals surface area contributed by atoms with Crippen LogP contribution >= 0.6 is 11.6 Å². The van der Waals surface area contributed by atoms with Gasteiger partial charge in [0.2, 0.25) is 0 Å². The molecular weight excluding hydrogens is 308 g/mol. The summed E-state index contributed by atoms with van der Waals surface area (Å²) in [5.74, 6) is -0.213. The third kappa shape index (κ3) is 3.91. The second-order valence-electron chi connectivity index (χ2n) is 6.30. The SMILES string of the molecule is CC(C)(C)N(C(=O)c1cccc(Cl)c1)C(C#N)c1ccccc1. The number of hydrogen-bond donors (Lipinski definition) is 0. The van der Waals surface area contributed by atoms with Crippen molar-refractivity contribution in [2.45, 2.75) is 32.4 Å². The Bertz CT molecular complexity index is 729. The number of nitrogens with zero attached hydrogens (tertiary/aromatic N) is 2. The Hall–Kier alpha value is -2.31. The molecule has 0 radical (unpaired) electrons. The van der Waals surface area contributed by atoms with Crippen LogP contribution in [-0.2, 0) is 0 Å². The lowest BCUT2D eigenvalue weighted by Gasteiger charge is -2.39. The van der Waals surface area contributed by atoms with Gasteiger partial charge in [0.15, 0.2) is 0 Å². The molecule has 0 N–H and O–H groups in total. The Kier molecular flexibility index (Phi) is 5.08. The molecule has 23 heavy (non-hydrogen) atoms. The van der Waals surface area contributed by atoms with Crippen molar-refractivity contribution in [1.29, 1.82) is 5.26 Å². The largest absolute Gasteiger partial charge is 0.314 e. The van der Waals surface area contributed by atoms with Gasteiger partial charge in [-0.3, -0.25) is 4.79 Å². The predicted molar refractivity (Wildman–Crippen MR) is 92.2 cm³/mol. The zero-order valence-corrected chi connectivity index (χ0v) is 14.2. The second kappa shape index (κ2) is 6.85. The smallest absolute Gasteiger partial charge is 0.255 e. The van der Waals surface area contributed by atoms with Gasteiger partial charge in [-0.1, -0.05) is 48.0 Å². The summed E-state index contributed by atoms with van der Waals surface area (Å²) in [4.78, 5) is 14.6. The van der Waals surface area contributed by atoms with E-state index in [1.165, 1.54) is 0 Å². The topological polar surface area (TPSA) is 44.1 Å². The molecule has 1 amide bonds. The molecule has 0 saturated carbocycles. The summed E-state index contributed by atoms with van der Waals surface area (Å²) >= 11 is 6.00. The molecule has 0 aromatic heterocycles. The number of rotatable bonds is 3. The first kappa shape index (κ1) is 17.1. The zero-order valence-electron chi connectivity index (χ0n) is 13.5. The fourth-order valence-electron chi connectivity index (χ4n) is 2.49. The Morgan fingerprint density at radius 2 is 1.78 bits per heavy atom. The quantitative estimate of drug-likeness (QED) is 0.809. The van der Waals surface area contributed by atoms with E-state index in [-0.39, 0.29) is 5.91 Å². The fraction of sp³-hybridized carbons (Fsp3) is 0.263. The predicted octanol–water partition coefficient (Wildman–Crippen LogP) is 4.85. The highest BCUT2D eigenvalue weighted by Crippen LogP contribution is 2.30. The standard InChI is InChI=1S/C19H19ClN2O/c1-19(2,3)22(17(13-21)14-8-5-4-6-9-14)18(23)15-10-7-11-16(20)12-15/h4-12,17H,1-3H3. The van der Waals surface area contributed by atoms with Gasteiger partial charge < -0.3 is 4.90 Å². The minimum Gasteiger partial charge on any atom is -0.314 e. The lowest BCUT2D eigenvalue weighted by Crippen LogP contribution is -2.47. The minimum atomic E-state index is -0.664. The van der Waals surface area contributed by atoms with Crippen LogP contribution in [0.15, 0.2) is 54.6 Å². The molecule has 1 unspecified atom stereocenters. The lowest BCUT2D eigenvalue weighted by atomic mass is 9.97. The van der Waals surface area contributed by atoms with Crippen molar-refractivity contribution in [3.8, 4) is 6.07 Å². The zero-order chi connectivity index (χ0) is 17.0. The van der Waals surface area contributed by atoms with E-state index in [2.05, 4.69) is 6.07 Å². The highest BCUT2D eigenvalue weighted by Gasteiger charge is 2.34. The maximum Gasteiger partial charge on any atom is 0.255 e. The fourth-order valence-corrected chi connectivity index (χ4v) is 2.68. The summed E-state index contributed by atoms with van der Waals surface area (Å²) in [6.45, 7) is 5.76. The van der Waals surface area contributed by atoms with Crippen LogP contribution in [0.4, 0.5) is 0 Å². The molecule has 3 nitrogen and oxygen atoms in total. The van der Waals surface area contributed by atoms with Gasteiger partial charge in [-0.15, -0.1) is 0 Å². The first-order chi connectivity index (χ1) is 10.8. The van der Waals surface area contributed by atoms with Crippen LogP contribution in [0.1, 0.15) is 42.7 Å². The minimum absolute atomic E-state index is 0.213. The van der Waals surface area contributed by atoms with Gasteiger partial charge in [-0.2, -0.15) is 5.26 Å². The normalized spacial score (nSPS) is 12.3. The summed E-state index contributed by atoms with van der Waals surface area (Å²) < 4.78 is 0. The molecule has 0 bridgehead atoms. The van der Waals surface area contributed by atoms with Crippen LogP contribution in [-0.4, -0.2) is 16.3 Å². The third-order valence-corrected chi connectivity index (χ3v) is 3.74. The second-order valence-corrected chi connectivity index (χ2v) is 6.74. The van der Waals surface area contributed by atoms with Gasteiger partial charge in [-0.25, -0.2) is 0 Å². The number of hydrogen-bond acceptors (Lipinski definition) is 2. The van der Waals surface area contributed by atoms with Crippen LogP contribution < -0.4 is 0 Å². The number of nitriles is 1. The van der Waals surface area contributed by atoms with Crippen molar-refractivity contribution < 1.29 is 4.79 Å². The average molecular weight is 327 g/mol. The van der Waals surface area contributed by atoms with E-state index in [1.807, 2.05) is 51.1 Å². The molecule has 1 atom stereocenters. The van der Waals surface area contributed by atoms with Gasteiger partial charge in [0.05, 0.1) is 6.07 Å². The van der Waals surface area contributed by atoms with Crippen LogP contribution in [0.2, 0.25) is 5.02 Å². The van der Waals surface area contributed by atoms with E-state index < -0.39 is 11.6 Å². The van der Waals surface area contributed by atoms with Gasteiger partial charge in [0, 0.05) is 16.1 Å². The molecule has 2 aromatic rings. The summed E-state index contributed by atoms with van der Waals surface area (Å²) in [6.07, 6.45) is 0. The first-order valence-electron chi connectivity index (χ1n) is 7.38. The first-order valence-corrected chi connectivity index (χ1v) is 7.76. The van der Waals surface area contributed by atoms with E-state index in [0.717, 1.165) is 5.56 Å². The average Bonchev–Trinajstić information content (AvgIpc) is 2.51. The molecule has 0 spiro atoms. The molecular formula is C19H19ClN2O.